The third-order valence-electron chi connectivity index (χ3n) is 3.69. The number of hydrogen-bond donors (Lipinski definition) is 0. The third-order valence-corrected chi connectivity index (χ3v) is 3.69. The zero-order valence-electron chi connectivity index (χ0n) is 15.1. The van der Waals surface area contributed by atoms with Gasteiger partial charge >= 0.3 is 0 Å². The second kappa shape index (κ2) is 6.99. The number of ether oxygens (including phenoxy) is 1. The average Bonchev–Trinajstić information content (AvgIpc) is 2.45. The van der Waals surface area contributed by atoms with Crippen LogP contribution in [-0.4, -0.2) is 30.2 Å². The molecule has 0 radical (unpaired) electrons. The van der Waals surface area contributed by atoms with Gasteiger partial charge in [-0.1, -0.05) is 39.0 Å². The van der Waals surface area contributed by atoms with Crippen LogP contribution in [0.5, 0.6) is 5.75 Å². The van der Waals surface area contributed by atoms with Crippen LogP contribution in [-0.2, 0) is 5.41 Å². The molecule has 0 N–H and O–H groups in total. The molecule has 0 bridgehead atoms. The maximum atomic E-state index is 6.02. The fourth-order valence-corrected chi connectivity index (χ4v) is 2.48. The summed E-state index contributed by atoms with van der Waals surface area (Å²) in [7, 11) is 1.99. The Morgan fingerprint density at radius 2 is 1.65 bits per heavy atom. The summed E-state index contributed by atoms with van der Waals surface area (Å²) in [4.78, 5) is 11.0. The lowest BCUT2D eigenvalue weighted by Crippen LogP contribution is -2.26. The molecule has 23 heavy (non-hydrogen) atoms. The first-order valence-electron chi connectivity index (χ1n) is 8.03. The molecule has 4 heteroatoms. The topological polar surface area (TPSA) is 38.2 Å². The molecular formula is C19H27N3O. The van der Waals surface area contributed by atoms with Crippen molar-refractivity contribution >= 4 is 5.95 Å². The number of anilines is 1. The molecule has 1 aromatic carbocycles. The van der Waals surface area contributed by atoms with Crippen molar-refractivity contribution in [2.45, 2.75) is 40.0 Å². The number of benzene rings is 1. The van der Waals surface area contributed by atoms with Gasteiger partial charge in [-0.2, -0.15) is 0 Å². The molecule has 0 atom stereocenters. The Labute approximate surface area is 139 Å². The second-order valence-electron chi connectivity index (χ2n) is 6.97. The quantitative estimate of drug-likeness (QED) is 0.839. The Kier molecular flexibility index (Phi) is 5.24. The average molecular weight is 313 g/mol. The van der Waals surface area contributed by atoms with E-state index in [1.54, 1.807) is 0 Å². The molecule has 124 valence electrons. The SMILES string of the molecule is Cc1cc(C)nc(N(C)CCOc2ccccc2C(C)(C)C)n1. The van der Waals surface area contributed by atoms with Crippen molar-refractivity contribution in [3.8, 4) is 5.75 Å². The van der Waals surface area contributed by atoms with E-state index in [-0.39, 0.29) is 5.41 Å². The van der Waals surface area contributed by atoms with E-state index in [0.29, 0.717) is 6.61 Å². The van der Waals surface area contributed by atoms with Gasteiger partial charge in [-0.25, -0.2) is 9.97 Å². The van der Waals surface area contributed by atoms with Crippen molar-refractivity contribution in [3.63, 3.8) is 0 Å². The van der Waals surface area contributed by atoms with Crippen LogP contribution in [0.1, 0.15) is 37.7 Å². The number of aryl methyl sites for hydroxylation is 2. The van der Waals surface area contributed by atoms with E-state index in [1.807, 2.05) is 44.0 Å². The standard InChI is InChI=1S/C19H27N3O/c1-14-13-15(2)21-18(20-14)22(6)11-12-23-17-10-8-7-9-16(17)19(3,4)5/h7-10,13H,11-12H2,1-6H3. The molecule has 0 unspecified atom stereocenters. The smallest absolute Gasteiger partial charge is 0.225 e. The van der Waals surface area contributed by atoms with Gasteiger partial charge in [0.15, 0.2) is 0 Å². The molecule has 2 aromatic rings. The van der Waals surface area contributed by atoms with Crippen LogP contribution >= 0.6 is 0 Å². The lowest BCUT2D eigenvalue weighted by Gasteiger charge is -2.23. The highest BCUT2D eigenvalue weighted by Gasteiger charge is 2.18. The Morgan fingerprint density at radius 3 is 2.26 bits per heavy atom. The molecule has 0 aliphatic carbocycles. The highest BCUT2D eigenvalue weighted by atomic mass is 16.5. The Bertz CT molecular complexity index is 642. The van der Waals surface area contributed by atoms with Crippen LogP contribution in [0.15, 0.2) is 30.3 Å². The number of para-hydroxylation sites is 1. The van der Waals surface area contributed by atoms with E-state index in [1.165, 1.54) is 5.56 Å². The van der Waals surface area contributed by atoms with E-state index in [4.69, 9.17) is 4.74 Å². The Morgan fingerprint density at radius 1 is 1.04 bits per heavy atom. The molecule has 0 fully saturated rings. The number of nitrogens with zero attached hydrogens (tertiary/aromatic N) is 3. The highest BCUT2D eigenvalue weighted by molar-refractivity contribution is 5.38. The normalized spacial score (nSPS) is 11.4. The highest BCUT2D eigenvalue weighted by Crippen LogP contribution is 2.30. The van der Waals surface area contributed by atoms with Crippen molar-refractivity contribution in [2.24, 2.45) is 0 Å². The second-order valence-corrected chi connectivity index (χ2v) is 6.97. The van der Waals surface area contributed by atoms with Gasteiger partial charge in [-0.05, 0) is 37.0 Å². The first-order chi connectivity index (χ1) is 10.8. The molecule has 0 aliphatic rings. The lowest BCUT2D eigenvalue weighted by atomic mass is 9.86. The third kappa shape index (κ3) is 4.68. The lowest BCUT2D eigenvalue weighted by molar-refractivity contribution is 0.316. The minimum absolute atomic E-state index is 0.0687. The number of rotatable bonds is 5. The summed E-state index contributed by atoms with van der Waals surface area (Å²) in [5.41, 5.74) is 3.27. The molecule has 2 rings (SSSR count). The molecule has 0 spiro atoms. The number of likely N-dealkylation sites (N-methyl/N-ethyl adjacent to an activating group) is 1. The summed E-state index contributed by atoms with van der Waals surface area (Å²) in [5.74, 6) is 1.70. The van der Waals surface area contributed by atoms with Gasteiger partial charge in [0.2, 0.25) is 5.95 Å². The van der Waals surface area contributed by atoms with Crippen molar-refractivity contribution in [1.82, 2.24) is 9.97 Å². The predicted octanol–water partition coefficient (Wildman–Crippen LogP) is 3.91. The van der Waals surface area contributed by atoms with E-state index >= 15 is 0 Å². The van der Waals surface area contributed by atoms with Gasteiger partial charge in [0.05, 0.1) is 6.54 Å². The summed E-state index contributed by atoms with van der Waals surface area (Å²) in [6.07, 6.45) is 0. The molecule has 0 saturated heterocycles. The largest absolute Gasteiger partial charge is 0.491 e. The van der Waals surface area contributed by atoms with Crippen LogP contribution in [0.4, 0.5) is 5.95 Å². The molecular weight excluding hydrogens is 286 g/mol. The van der Waals surface area contributed by atoms with E-state index < -0.39 is 0 Å². The zero-order valence-corrected chi connectivity index (χ0v) is 15.1. The summed E-state index contributed by atoms with van der Waals surface area (Å²) in [5, 5.41) is 0. The first kappa shape index (κ1) is 17.3. The fraction of sp³-hybridized carbons (Fsp3) is 0.474. The minimum Gasteiger partial charge on any atom is -0.491 e. The van der Waals surface area contributed by atoms with Crippen LogP contribution in [0.25, 0.3) is 0 Å². The zero-order chi connectivity index (χ0) is 17.0. The van der Waals surface area contributed by atoms with E-state index in [0.717, 1.165) is 29.6 Å². The van der Waals surface area contributed by atoms with Crippen LogP contribution in [0, 0.1) is 13.8 Å². The molecule has 1 heterocycles. The predicted molar refractivity (Wildman–Crippen MR) is 95.4 cm³/mol. The Hall–Kier alpha value is -2.10. The number of aromatic nitrogens is 2. The van der Waals surface area contributed by atoms with Crippen molar-refractivity contribution < 1.29 is 4.74 Å². The van der Waals surface area contributed by atoms with Crippen LogP contribution in [0.3, 0.4) is 0 Å². The van der Waals surface area contributed by atoms with Gasteiger partial charge in [0.1, 0.15) is 12.4 Å². The van der Waals surface area contributed by atoms with E-state index in [2.05, 4.69) is 42.9 Å². The summed E-state index contributed by atoms with van der Waals surface area (Å²) < 4.78 is 6.02. The molecule has 0 amide bonds. The molecule has 4 nitrogen and oxygen atoms in total. The summed E-state index contributed by atoms with van der Waals surface area (Å²) >= 11 is 0. The van der Waals surface area contributed by atoms with Crippen molar-refractivity contribution in [1.29, 1.82) is 0 Å². The van der Waals surface area contributed by atoms with Crippen LogP contribution < -0.4 is 9.64 Å². The van der Waals surface area contributed by atoms with Crippen LogP contribution in [0.2, 0.25) is 0 Å². The van der Waals surface area contributed by atoms with Gasteiger partial charge in [-0.3, -0.25) is 0 Å². The first-order valence-corrected chi connectivity index (χ1v) is 8.03. The van der Waals surface area contributed by atoms with Gasteiger partial charge in [-0.15, -0.1) is 0 Å². The monoisotopic (exact) mass is 313 g/mol. The van der Waals surface area contributed by atoms with Gasteiger partial charge in [0, 0.05) is 18.4 Å². The maximum absolute atomic E-state index is 6.02. The van der Waals surface area contributed by atoms with E-state index in [9.17, 15) is 0 Å². The van der Waals surface area contributed by atoms with Crippen molar-refractivity contribution in [2.75, 3.05) is 25.1 Å². The minimum atomic E-state index is 0.0687. The maximum Gasteiger partial charge on any atom is 0.225 e. The fourth-order valence-electron chi connectivity index (χ4n) is 2.48. The summed E-state index contributed by atoms with van der Waals surface area (Å²) in [6.45, 7) is 11.9. The molecule has 0 saturated carbocycles. The number of hydrogen-bond acceptors (Lipinski definition) is 4. The van der Waals surface area contributed by atoms with Gasteiger partial charge < -0.3 is 9.64 Å². The Balaban J connectivity index is 2.00. The van der Waals surface area contributed by atoms with Crippen molar-refractivity contribution in [3.05, 3.63) is 47.3 Å². The molecule has 1 aromatic heterocycles. The molecule has 0 aliphatic heterocycles. The summed E-state index contributed by atoms with van der Waals surface area (Å²) in [6, 6.07) is 10.2. The van der Waals surface area contributed by atoms with Gasteiger partial charge in [0.25, 0.3) is 0 Å².